The molecular weight excluding hydrogens is 154 g/mol. The Labute approximate surface area is 76.5 Å². The van der Waals surface area contributed by atoms with E-state index in [1.807, 2.05) is 27.7 Å². The monoisotopic (exact) mass is 177 g/mol. The maximum absolute atomic E-state index is 10.2. The number of carbonyl (C=O) groups excluding carboxylic acids is 1. The van der Waals surface area contributed by atoms with Crippen molar-refractivity contribution in [1.29, 1.82) is 0 Å². The Morgan fingerprint density at radius 2 is 1.67 bits per heavy atom. The summed E-state index contributed by atoms with van der Waals surface area (Å²) in [4.78, 5) is 10.2. The number of nitrogens with one attached hydrogen (secondary N) is 1. The van der Waals surface area contributed by atoms with Crippen LogP contribution in [0.25, 0.3) is 0 Å². The third-order valence-electron chi connectivity index (χ3n) is 0.680. The molecular formula is C9H23NO2. The van der Waals surface area contributed by atoms with Crippen LogP contribution in [-0.2, 0) is 9.53 Å². The second-order valence-electron chi connectivity index (χ2n) is 1.48. The van der Waals surface area contributed by atoms with Crippen molar-refractivity contribution < 1.29 is 9.53 Å². The van der Waals surface area contributed by atoms with Gasteiger partial charge >= 0.3 is 0 Å². The Morgan fingerprint density at radius 3 is 1.92 bits per heavy atom. The van der Waals surface area contributed by atoms with Crippen LogP contribution in [0.1, 0.15) is 34.6 Å². The average Bonchev–Trinajstić information content (AvgIpc) is 2.12. The maximum Gasteiger partial charge on any atom is 0.216 e. The van der Waals surface area contributed by atoms with E-state index in [1.165, 1.54) is 6.92 Å². The zero-order chi connectivity index (χ0) is 10.4. The van der Waals surface area contributed by atoms with E-state index in [4.69, 9.17) is 0 Å². The lowest BCUT2D eigenvalue weighted by Gasteiger charge is -1.97. The van der Waals surface area contributed by atoms with Gasteiger partial charge in [0.1, 0.15) is 0 Å². The molecule has 0 rings (SSSR count). The van der Waals surface area contributed by atoms with Crippen LogP contribution < -0.4 is 5.32 Å². The Balaban J connectivity index is -0.000000175. The van der Waals surface area contributed by atoms with E-state index in [2.05, 4.69) is 10.1 Å². The molecule has 0 bridgehead atoms. The summed E-state index contributed by atoms with van der Waals surface area (Å²) >= 11 is 0. The lowest BCUT2D eigenvalue weighted by molar-refractivity contribution is -0.119. The molecule has 0 spiro atoms. The number of hydrogen-bond donors (Lipinski definition) is 1. The van der Waals surface area contributed by atoms with Gasteiger partial charge in [-0.2, -0.15) is 0 Å². The normalized spacial score (nSPS) is 6.83. The predicted molar refractivity (Wildman–Crippen MR) is 53.3 cm³/mol. The van der Waals surface area contributed by atoms with E-state index in [0.717, 1.165) is 0 Å². The molecule has 0 aliphatic carbocycles. The molecule has 1 amide bonds. The van der Waals surface area contributed by atoms with E-state index >= 15 is 0 Å². The maximum atomic E-state index is 10.2. The van der Waals surface area contributed by atoms with Crippen molar-refractivity contribution in [3.63, 3.8) is 0 Å². The van der Waals surface area contributed by atoms with Crippen LogP contribution in [0.5, 0.6) is 0 Å². The van der Waals surface area contributed by atoms with Crippen molar-refractivity contribution in [3.8, 4) is 0 Å². The van der Waals surface area contributed by atoms with Crippen LogP contribution in [0.4, 0.5) is 0 Å². The zero-order valence-electron chi connectivity index (χ0n) is 9.23. The largest absolute Gasteiger partial charge is 0.383 e. The third kappa shape index (κ3) is 34.1. The smallest absolute Gasteiger partial charge is 0.216 e. The summed E-state index contributed by atoms with van der Waals surface area (Å²) in [5.41, 5.74) is 0. The summed E-state index contributed by atoms with van der Waals surface area (Å²) in [7, 11) is 1.60. The van der Waals surface area contributed by atoms with Crippen LogP contribution in [0.2, 0.25) is 0 Å². The topological polar surface area (TPSA) is 38.3 Å². The minimum absolute atomic E-state index is 0.0120. The van der Waals surface area contributed by atoms with Crippen molar-refractivity contribution in [2.24, 2.45) is 0 Å². The molecule has 0 fully saturated rings. The van der Waals surface area contributed by atoms with Crippen LogP contribution in [-0.4, -0.2) is 26.2 Å². The highest BCUT2D eigenvalue weighted by molar-refractivity contribution is 5.72. The fraction of sp³-hybridized carbons (Fsp3) is 0.889. The number of ether oxygens (including phenoxy) is 1. The van der Waals surface area contributed by atoms with Crippen molar-refractivity contribution in [2.45, 2.75) is 34.6 Å². The minimum Gasteiger partial charge on any atom is -0.383 e. The quantitative estimate of drug-likeness (QED) is 0.668. The lowest BCUT2D eigenvalue weighted by atomic mass is 10.6. The van der Waals surface area contributed by atoms with Crippen molar-refractivity contribution in [1.82, 2.24) is 5.32 Å². The second kappa shape index (κ2) is 22.4. The first-order valence-corrected chi connectivity index (χ1v) is 4.50. The van der Waals surface area contributed by atoms with Gasteiger partial charge in [0.25, 0.3) is 0 Å². The summed E-state index contributed by atoms with van der Waals surface area (Å²) < 4.78 is 4.68. The predicted octanol–water partition coefficient (Wildman–Crippen LogP) is 1.82. The summed E-state index contributed by atoms with van der Waals surface area (Å²) in [5.74, 6) is -0.0120. The van der Waals surface area contributed by atoms with E-state index in [9.17, 15) is 4.79 Å². The second-order valence-corrected chi connectivity index (χ2v) is 1.48. The van der Waals surface area contributed by atoms with Gasteiger partial charge in [-0.05, 0) is 0 Å². The van der Waals surface area contributed by atoms with Crippen molar-refractivity contribution >= 4 is 5.91 Å². The molecule has 3 nitrogen and oxygen atoms in total. The Morgan fingerprint density at radius 1 is 1.25 bits per heavy atom. The molecule has 0 radical (unpaired) electrons. The van der Waals surface area contributed by atoms with Gasteiger partial charge in [0.15, 0.2) is 0 Å². The van der Waals surface area contributed by atoms with E-state index in [0.29, 0.717) is 13.2 Å². The number of rotatable bonds is 3. The molecule has 76 valence electrons. The molecule has 0 aliphatic heterocycles. The van der Waals surface area contributed by atoms with E-state index in [-0.39, 0.29) is 5.91 Å². The molecule has 0 aromatic heterocycles. The molecule has 0 unspecified atom stereocenters. The first-order chi connectivity index (χ1) is 5.77. The van der Waals surface area contributed by atoms with Gasteiger partial charge < -0.3 is 10.1 Å². The number of amides is 1. The Kier molecular flexibility index (Phi) is 32.7. The van der Waals surface area contributed by atoms with Gasteiger partial charge in [-0.3, -0.25) is 4.79 Å². The van der Waals surface area contributed by atoms with Crippen LogP contribution in [0.15, 0.2) is 0 Å². The number of carbonyl (C=O) groups is 1. The van der Waals surface area contributed by atoms with Gasteiger partial charge in [0.2, 0.25) is 5.91 Å². The Bertz CT molecular complexity index is 74.9. The number of hydrogen-bond acceptors (Lipinski definition) is 2. The molecule has 0 atom stereocenters. The SMILES string of the molecule is CC.CC.COCCNC(C)=O. The van der Waals surface area contributed by atoms with Gasteiger partial charge in [0, 0.05) is 20.6 Å². The first kappa shape index (κ1) is 17.5. The zero-order valence-corrected chi connectivity index (χ0v) is 9.23. The molecule has 12 heavy (non-hydrogen) atoms. The molecule has 0 saturated carbocycles. The van der Waals surface area contributed by atoms with E-state index < -0.39 is 0 Å². The van der Waals surface area contributed by atoms with E-state index in [1.54, 1.807) is 7.11 Å². The average molecular weight is 177 g/mol. The molecule has 0 saturated heterocycles. The molecule has 3 heteroatoms. The summed E-state index contributed by atoms with van der Waals surface area (Å²) in [6.45, 7) is 10.7. The minimum atomic E-state index is -0.0120. The molecule has 1 N–H and O–H groups in total. The van der Waals surface area contributed by atoms with Crippen molar-refractivity contribution in [3.05, 3.63) is 0 Å². The summed E-state index contributed by atoms with van der Waals surface area (Å²) in [6, 6.07) is 0. The van der Waals surface area contributed by atoms with Gasteiger partial charge in [0.05, 0.1) is 6.61 Å². The molecule has 0 aliphatic rings. The number of methoxy groups -OCH3 is 1. The molecule has 0 aromatic rings. The summed E-state index contributed by atoms with van der Waals surface area (Å²) in [6.07, 6.45) is 0. The standard InChI is InChI=1S/C5H11NO2.2C2H6/c1-5(7)6-3-4-8-2;2*1-2/h3-4H2,1-2H3,(H,6,7);2*1-2H3. The highest BCUT2D eigenvalue weighted by atomic mass is 16.5. The van der Waals surface area contributed by atoms with Gasteiger partial charge in [-0.15, -0.1) is 0 Å². The lowest BCUT2D eigenvalue weighted by Crippen LogP contribution is -2.23. The first-order valence-electron chi connectivity index (χ1n) is 4.50. The van der Waals surface area contributed by atoms with Crippen LogP contribution in [0, 0.1) is 0 Å². The summed E-state index contributed by atoms with van der Waals surface area (Å²) in [5, 5.41) is 2.58. The Hall–Kier alpha value is -0.570. The highest BCUT2D eigenvalue weighted by Gasteiger charge is 1.85. The van der Waals surface area contributed by atoms with Gasteiger partial charge in [-0.1, -0.05) is 27.7 Å². The highest BCUT2D eigenvalue weighted by Crippen LogP contribution is 1.63. The fourth-order valence-corrected chi connectivity index (χ4v) is 0.329. The molecule has 0 heterocycles. The van der Waals surface area contributed by atoms with Crippen molar-refractivity contribution in [2.75, 3.05) is 20.3 Å². The van der Waals surface area contributed by atoms with Crippen LogP contribution >= 0.6 is 0 Å². The van der Waals surface area contributed by atoms with Crippen LogP contribution in [0.3, 0.4) is 0 Å². The fourth-order valence-electron chi connectivity index (χ4n) is 0.329. The van der Waals surface area contributed by atoms with Gasteiger partial charge in [-0.25, -0.2) is 0 Å². The molecule has 0 aromatic carbocycles. The third-order valence-corrected chi connectivity index (χ3v) is 0.680.